The Labute approximate surface area is 223 Å². The standard InChI is InChI=1S/C37H29N/c1-25(2)32-23-27-15-9-10-18-30(27)36(26-13-5-3-6-14-26)37(32)28-21-22-35-33(24-28)31-19-11-12-20-34(31)38(35)29-16-7-4-8-17-29/h3-25H,1-2H3. The van der Waals surface area contributed by atoms with Crippen LogP contribution in [0.3, 0.4) is 0 Å². The van der Waals surface area contributed by atoms with Crippen LogP contribution in [0.2, 0.25) is 0 Å². The summed E-state index contributed by atoms with van der Waals surface area (Å²) in [6, 6.07) is 48.6. The summed E-state index contributed by atoms with van der Waals surface area (Å²) < 4.78 is 2.39. The van der Waals surface area contributed by atoms with Crippen LogP contribution in [0.1, 0.15) is 25.3 Å². The van der Waals surface area contributed by atoms with Crippen LogP contribution in [0, 0.1) is 0 Å². The van der Waals surface area contributed by atoms with Crippen molar-refractivity contribution in [1.82, 2.24) is 4.57 Å². The Bertz CT molecular complexity index is 1930. The van der Waals surface area contributed by atoms with E-state index in [0.717, 1.165) is 0 Å². The van der Waals surface area contributed by atoms with Gasteiger partial charge in [0.25, 0.3) is 0 Å². The minimum atomic E-state index is 0.387. The van der Waals surface area contributed by atoms with Crippen LogP contribution in [0.25, 0.3) is 60.5 Å². The first kappa shape index (κ1) is 22.6. The molecule has 0 spiro atoms. The molecule has 182 valence electrons. The van der Waals surface area contributed by atoms with E-state index < -0.39 is 0 Å². The molecule has 0 bridgehead atoms. The molecule has 0 N–H and O–H groups in total. The van der Waals surface area contributed by atoms with Gasteiger partial charge < -0.3 is 4.57 Å². The number of fused-ring (bicyclic) bond motifs is 4. The zero-order valence-corrected chi connectivity index (χ0v) is 21.7. The van der Waals surface area contributed by atoms with Gasteiger partial charge >= 0.3 is 0 Å². The van der Waals surface area contributed by atoms with Crippen LogP contribution < -0.4 is 0 Å². The molecular weight excluding hydrogens is 458 g/mol. The summed E-state index contributed by atoms with van der Waals surface area (Å²) in [6.45, 7) is 4.62. The molecule has 7 aromatic rings. The Kier molecular flexibility index (Phi) is 5.37. The number of rotatable bonds is 4. The SMILES string of the molecule is CC(C)c1cc2ccccc2c(-c2ccccc2)c1-c1ccc2c(c1)c1ccccc1n2-c1ccccc1. The van der Waals surface area contributed by atoms with Gasteiger partial charge in [0.05, 0.1) is 11.0 Å². The van der Waals surface area contributed by atoms with Crippen molar-refractivity contribution in [2.75, 3.05) is 0 Å². The summed E-state index contributed by atoms with van der Waals surface area (Å²) in [5, 5.41) is 5.15. The summed E-state index contributed by atoms with van der Waals surface area (Å²) in [4.78, 5) is 0. The van der Waals surface area contributed by atoms with Gasteiger partial charge in [-0.15, -0.1) is 0 Å². The lowest BCUT2D eigenvalue weighted by atomic mass is 9.82. The predicted octanol–water partition coefficient (Wildman–Crippen LogP) is 10.4. The molecule has 0 aliphatic rings. The quantitative estimate of drug-likeness (QED) is 0.233. The molecule has 0 radical (unpaired) electrons. The van der Waals surface area contributed by atoms with E-state index in [0.29, 0.717) is 5.92 Å². The van der Waals surface area contributed by atoms with E-state index in [1.54, 1.807) is 0 Å². The van der Waals surface area contributed by atoms with E-state index in [1.807, 2.05) is 0 Å². The summed E-state index contributed by atoms with van der Waals surface area (Å²) in [5.74, 6) is 0.387. The number of hydrogen-bond acceptors (Lipinski definition) is 0. The molecule has 0 fully saturated rings. The van der Waals surface area contributed by atoms with Gasteiger partial charge in [0, 0.05) is 16.5 Å². The molecule has 6 aromatic carbocycles. The third-order valence-corrected chi connectivity index (χ3v) is 7.74. The number of hydrogen-bond donors (Lipinski definition) is 0. The molecule has 1 aromatic heterocycles. The van der Waals surface area contributed by atoms with Crippen molar-refractivity contribution in [3.63, 3.8) is 0 Å². The Morgan fingerprint density at radius 1 is 0.474 bits per heavy atom. The second kappa shape index (κ2) is 9.04. The molecule has 1 heterocycles. The lowest BCUT2D eigenvalue weighted by Crippen LogP contribution is -1.98. The van der Waals surface area contributed by atoms with E-state index in [9.17, 15) is 0 Å². The van der Waals surface area contributed by atoms with Crippen molar-refractivity contribution in [3.8, 4) is 27.9 Å². The van der Waals surface area contributed by atoms with E-state index in [2.05, 4.69) is 152 Å². The molecule has 0 saturated heterocycles. The van der Waals surface area contributed by atoms with Crippen molar-refractivity contribution in [2.24, 2.45) is 0 Å². The van der Waals surface area contributed by atoms with Gasteiger partial charge in [-0.05, 0) is 74.8 Å². The third kappa shape index (κ3) is 3.55. The number of nitrogens with zero attached hydrogens (tertiary/aromatic N) is 1. The first-order valence-corrected chi connectivity index (χ1v) is 13.4. The molecule has 1 heteroatoms. The van der Waals surface area contributed by atoms with E-state index >= 15 is 0 Å². The van der Waals surface area contributed by atoms with Gasteiger partial charge in [-0.25, -0.2) is 0 Å². The molecule has 0 atom stereocenters. The lowest BCUT2D eigenvalue weighted by Gasteiger charge is -2.21. The van der Waals surface area contributed by atoms with Crippen LogP contribution in [0.4, 0.5) is 0 Å². The second-order valence-electron chi connectivity index (χ2n) is 10.4. The van der Waals surface area contributed by atoms with Crippen molar-refractivity contribution >= 4 is 32.6 Å². The van der Waals surface area contributed by atoms with Crippen molar-refractivity contribution in [2.45, 2.75) is 19.8 Å². The summed E-state index contributed by atoms with van der Waals surface area (Å²) in [6.07, 6.45) is 0. The fourth-order valence-electron chi connectivity index (χ4n) is 6.02. The number of aromatic nitrogens is 1. The first-order chi connectivity index (χ1) is 18.7. The number of benzene rings is 6. The molecular formula is C37H29N. The largest absolute Gasteiger partial charge is 0.309 e. The Morgan fingerprint density at radius 2 is 1.11 bits per heavy atom. The fourth-order valence-corrected chi connectivity index (χ4v) is 6.02. The van der Waals surface area contributed by atoms with Crippen molar-refractivity contribution in [3.05, 3.63) is 139 Å². The van der Waals surface area contributed by atoms with Gasteiger partial charge in [0.1, 0.15) is 0 Å². The van der Waals surface area contributed by atoms with Crippen LogP contribution in [-0.2, 0) is 0 Å². The lowest BCUT2D eigenvalue weighted by molar-refractivity contribution is 0.871. The molecule has 38 heavy (non-hydrogen) atoms. The minimum absolute atomic E-state index is 0.387. The molecule has 0 unspecified atom stereocenters. The molecule has 1 nitrogen and oxygen atoms in total. The minimum Gasteiger partial charge on any atom is -0.309 e. The summed E-state index contributed by atoms with van der Waals surface area (Å²) in [7, 11) is 0. The maximum atomic E-state index is 2.42. The van der Waals surface area contributed by atoms with Crippen LogP contribution >= 0.6 is 0 Å². The maximum Gasteiger partial charge on any atom is 0.0541 e. The third-order valence-electron chi connectivity index (χ3n) is 7.74. The van der Waals surface area contributed by atoms with Gasteiger partial charge in [-0.2, -0.15) is 0 Å². The summed E-state index contributed by atoms with van der Waals surface area (Å²) in [5.41, 5.74) is 10.2. The van der Waals surface area contributed by atoms with E-state index in [1.165, 1.54) is 66.1 Å². The average molecular weight is 488 g/mol. The van der Waals surface area contributed by atoms with Crippen LogP contribution in [0.15, 0.2) is 133 Å². The maximum absolute atomic E-state index is 2.42. The van der Waals surface area contributed by atoms with E-state index in [4.69, 9.17) is 0 Å². The molecule has 0 aliphatic carbocycles. The Morgan fingerprint density at radius 3 is 1.87 bits per heavy atom. The highest BCUT2D eigenvalue weighted by Crippen LogP contribution is 2.44. The van der Waals surface area contributed by atoms with Crippen molar-refractivity contribution < 1.29 is 0 Å². The predicted molar refractivity (Wildman–Crippen MR) is 163 cm³/mol. The van der Waals surface area contributed by atoms with Crippen LogP contribution in [0.5, 0.6) is 0 Å². The Hall–Kier alpha value is -4.62. The highest BCUT2D eigenvalue weighted by molar-refractivity contribution is 6.12. The Balaban J connectivity index is 1.59. The molecule has 7 rings (SSSR count). The van der Waals surface area contributed by atoms with Gasteiger partial charge in [-0.3, -0.25) is 0 Å². The van der Waals surface area contributed by atoms with E-state index in [-0.39, 0.29) is 0 Å². The monoisotopic (exact) mass is 487 g/mol. The normalized spacial score (nSPS) is 11.7. The second-order valence-corrected chi connectivity index (χ2v) is 10.4. The van der Waals surface area contributed by atoms with Gasteiger partial charge in [0.2, 0.25) is 0 Å². The highest BCUT2D eigenvalue weighted by atomic mass is 15.0. The fraction of sp³-hybridized carbons (Fsp3) is 0.0811. The molecule has 0 saturated carbocycles. The molecule has 0 aliphatic heterocycles. The van der Waals surface area contributed by atoms with Gasteiger partial charge in [-0.1, -0.05) is 117 Å². The van der Waals surface area contributed by atoms with Gasteiger partial charge in [0.15, 0.2) is 0 Å². The zero-order chi connectivity index (χ0) is 25.6. The van der Waals surface area contributed by atoms with Crippen molar-refractivity contribution in [1.29, 1.82) is 0 Å². The highest BCUT2D eigenvalue weighted by Gasteiger charge is 2.20. The topological polar surface area (TPSA) is 4.93 Å². The average Bonchev–Trinajstić information content (AvgIpc) is 3.30. The summed E-state index contributed by atoms with van der Waals surface area (Å²) >= 11 is 0. The number of para-hydroxylation sites is 2. The smallest absolute Gasteiger partial charge is 0.0541 e. The first-order valence-electron chi connectivity index (χ1n) is 13.4. The molecule has 0 amide bonds. The van der Waals surface area contributed by atoms with Crippen LogP contribution in [-0.4, -0.2) is 4.57 Å². The zero-order valence-electron chi connectivity index (χ0n) is 21.7.